The van der Waals surface area contributed by atoms with Gasteiger partial charge in [0.05, 0.1) is 0 Å². The van der Waals surface area contributed by atoms with Crippen LogP contribution in [-0.2, 0) is 19.4 Å². The first-order chi connectivity index (χ1) is 7.99. The average molecular weight is 399 g/mol. The third-order valence-corrected chi connectivity index (χ3v) is 2.79. The number of hydrogen-bond acceptors (Lipinski definition) is 3. The molecule has 4 heteroatoms. The molecule has 3 nitrogen and oxygen atoms in total. The van der Waals surface area contributed by atoms with Crippen LogP contribution in [0.3, 0.4) is 0 Å². The molecular formula is C13H13NO2W. The van der Waals surface area contributed by atoms with E-state index in [1.165, 1.54) is 19.4 Å². The van der Waals surface area contributed by atoms with E-state index in [1.807, 2.05) is 16.6 Å². The zero-order chi connectivity index (χ0) is 13.0. The van der Waals surface area contributed by atoms with Crippen molar-refractivity contribution in [2.75, 3.05) is 19.0 Å². The Morgan fingerprint density at radius 2 is 1.88 bits per heavy atom. The van der Waals surface area contributed by atoms with Gasteiger partial charge in [-0.15, -0.1) is 0 Å². The van der Waals surface area contributed by atoms with Gasteiger partial charge in [0.2, 0.25) is 0 Å². The molecule has 0 unspecified atom stereocenters. The van der Waals surface area contributed by atoms with E-state index in [0.29, 0.717) is 11.3 Å². The summed E-state index contributed by atoms with van der Waals surface area (Å²) in [5.74, 6) is 0. The van der Waals surface area contributed by atoms with Gasteiger partial charge in [-0.1, -0.05) is 0 Å². The standard InChI is InChI=1S/C13H13NO2.W/c1-5-6-9(2)7-8-10-11(14(3)4)13(16)12(10)15;/h1,5-8H,2H2,3-4H3;/b6-5-,8-7?;. The number of allylic oxidation sites excluding steroid dienone is 4. The van der Waals surface area contributed by atoms with E-state index in [9.17, 15) is 9.59 Å². The average Bonchev–Trinajstić information content (AvgIpc) is 2.29. The predicted octanol–water partition coefficient (Wildman–Crippen LogP) is 0.823. The van der Waals surface area contributed by atoms with Crippen LogP contribution in [0.25, 0.3) is 6.08 Å². The van der Waals surface area contributed by atoms with Crippen molar-refractivity contribution in [1.82, 2.24) is 0 Å². The first-order valence-corrected chi connectivity index (χ1v) is 6.68. The number of hydrogen-bond donors (Lipinski definition) is 0. The van der Waals surface area contributed by atoms with Crippen LogP contribution in [0.1, 0.15) is 5.56 Å². The van der Waals surface area contributed by atoms with Gasteiger partial charge < -0.3 is 0 Å². The molecule has 0 bridgehead atoms. The fraction of sp³-hybridized carbons (Fsp3) is 0.154. The maximum atomic E-state index is 11.4. The molecule has 1 aromatic carbocycles. The van der Waals surface area contributed by atoms with Crippen LogP contribution in [0.5, 0.6) is 0 Å². The van der Waals surface area contributed by atoms with Gasteiger partial charge in [-0.3, -0.25) is 0 Å². The first kappa shape index (κ1) is 13.7. The van der Waals surface area contributed by atoms with E-state index in [0.717, 1.165) is 5.57 Å². The van der Waals surface area contributed by atoms with Crippen molar-refractivity contribution in [2.24, 2.45) is 0 Å². The summed E-state index contributed by atoms with van der Waals surface area (Å²) < 4.78 is 1.97. The van der Waals surface area contributed by atoms with Gasteiger partial charge in [0.1, 0.15) is 0 Å². The van der Waals surface area contributed by atoms with E-state index in [2.05, 4.69) is 6.58 Å². The molecule has 0 aliphatic rings. The summed E-state index contributed by atoms with van der Waals surface area (Å²) in [5.41, 5.74) is 0.880. The van der Waals surface area contributed by atoms with Crippen LogP contribution in [-0.4, -0.2) is 18.5 Å². The molecule has 0 saturated carbocycles. The molecule has 0 spiro atoms. The summed E-state index contributed by atoms with van der Waals surface area (Å²) in [6, 6.07) is 0. The summed E-state index contributed by atoms with van der Waals surface area (Å²) in [6.45, 7) is 3.82. The zero-order valence-electron chi connectivity index (χ0n) is 9.77. The van der Waals surface area contributed by atoms with Crippen molar-refractivity contribution in [1.29, 1.82) is 0 Å². The van der Waals surface area contributed by atoms with Gasteiger partial charge >= 0.3 is 111 Å². The van der Waals surface area contributed by atoms with Crippen LogP contribution in [0.4, 0.5) is 5.69 Å². The summed E-state index contributed by atoms with van der Waals surface area (Å²) in [7, 11) is 3.49. The fourth-order valence-electron chi connectivity index (χ4n) is 1.40. The molecule has 0 heterocycles. The van der Waals surface area contributed by atoms with Gasteiger partial charge in [0.15, 0.2) is 0 Å². The van der Waals surface area contributed by atoms with Gasteiger partial charge in [-0.05, 0) is 0 Å². The molecule has 0 amide bonds. The Hall–Kier alpha value is -1.34. The van der Waals surface area contributed by atoms with Crippen molar-refractivity contribution in [3.05, 3.63) is 56.4 Å². The molecule has 0 saturated heterocycles. The summed E-state index contributed by atoms with van der Waals surface area (Å²) in [6.07, 6.45) is 7.13. The molecule has 17 heavy (non-hydrogen) atoms. The molecule has 0 fully saturated rings. The minimum atomic E-state index is -0.423. The molecule has 0 aliphatic heterocycles. The van der Waals surface area contributed by atoms with Crippen LogP contribution in [0.2, 0.25) is 0 Å². The predicted molar refractivity (Wildman–Crippen MR) is 69.1 cm³/mol. The van der Waals surface area contributed by atoms with Crippen LogP contribution in [0, 0.1) is 0 Å². The Morgan fingerprint density at radius 3 is 2.41 bits per heavy atom. The maximum absolute atomic E-state index is 11.4. The topological polar surface area (TPSA) is 37.4 Å². The van der Waals surface area contributed by atoms with Gasteiger partial charge in [-0.2, -0.15) is 0 Å². The second-order valence-electron chi connectivity index (χ2n) is 3.72. The summed E-state index contributed by atoms with van der Waals surface area (Å²) >= 11 is 1.37. The van der Waals surface area contributed by atoms with Crippen molar-refractivity contribution in [3.63, 3.8) is 0 Å². The monoisotopic (exact) mass is 399 g/mol. The Kier molecular flexibility index (Phi) is 4.71. The molecule has 0 atom stereocenters. The number of anilines is 1. The quantitative estimate of drug-likeness (QED) is 0.544. The molecular weight excluding hydrogens is 386 g/mol. The molecule has 1 rings (SSSR count). The number of rotatable bonds is 5. The Labute approximate surface area is 111 Å². The van der Waals surface area contributed by atoms with Crippen molar-refractivity contribution in [2.45, 2.75) is 0 Å². The third kappa shape index (κ3) is 3.07. The SMILES string of the molecule is C=C(C=Cc1c(N(C)C)c(=O)c1=O)/C=C\[CH]=[W]. The summed E-state index contributed by atoms with van der Waals surface area (Å²) in [5, 5.41) is 0. The van der Waals surface area contributed by atoms with Crippen molar-refractivity contribution in [3.8, 4) is 0 Å². The fourth-order valence-corrected chi connectivity index (χ4v) is 1.69. The third-order valence-electron chi connectivity index (χ3n) is 2.22. The van der Waals surface area contributed by atoms with Gasteiger partial charge in [0.25, 0.3) is 0 Å². The van der Waals surface area contributed by atoms with E-state index in [1.54, 1.807) is 31.1 Å². The van der Waals surface area contributed by atoms with Crippen molar-refractivity contribution >= 4 is 16.2 Å². The first-order valence-electron chi connectivity index (χ1n) is 4.98. The van der Waals surface area contributed by atoms with Gasteiger partial charge in [0, 0.05) is 0 Å². The van der Waals surface area contributed by atoms with Crippen LogP contribution in [0.15, 0.2) is 40.0 Å². The normalized spacial score (nSPS) is 11.4. The van der Waals surface area contributed by atoms with E-state index in [-0.39, 0.29) is 0 Å². The van der Waals surface area contributed by atoms with Crippen molar-refractivity contribution < 1.29 is 19.4 Å². The molecule has 0 N–H and O–H groups in total. The second kappa shape index (κ2) is 5.83. The second-order valence-corrected chi connectivity index (χ2v) is 4.70. The Morgan fingerprint density at radius 1 is 1.24 bits per heavy atom. The molecule has 0 aromatic heterocycles. The molecule has 88 valence electrons. The minimum absolute atomic E-state index is 0.415. The van der Waals surface area contributed by atoms with Crippen LogP contribution >= 0.6 is 0 Å². The van der Waals surface area contributed by atoms with E-state index >= 15 is 0 Å². The molecule has 0 aliphatic carbocycles. The zero-order valence-corrected chi connectivity index (χ0v) is 12.7. The van der Waals surface area contributed by atoms with E-state index in [4.69, 9.17) is 0 Å². The number of nitrogens with zero attached hydrogens (tertiary/aromatic N) is 1. The molecule has 1 aromatic rings. The summed E-state index contributed by atoms with van der Waals surface area (Å²) in [4.78, 5) is 24.3. The Bertz CT molecular complexity index is 572. The molecule has 0 radical (unpaired) electrons. The van der Waals surface area contributed by atoms with Crippen LogP contribution < -0.4 is 15.8 Å². The Balaban J connectivity index is 2.94. The van der Waals surface area contributed by atoms with E-state index < -0.39 is 10.9 Å². The van der Waals surface area contributed by atoms with Gasteiger partial charge in [-0.25, -0.2) is 0 Å².